The van der Waals surface area contributed by atoms with Gasteiger partial charge in [-0.15, -0.1) is 0 Å². The van der Waals surface area contributed by atoms with Crippen molar-refractivity contribution >= 4 is 11.9 Å². The number of allylic oxidation sites excluding steroid dienone is 8. The van der Waals surface area contributed by atoms with E-state index in [4.69, 9.17) is 18.9 Å². The molecule has 0 saturated carbocycles. The van der Waals surface area contributed by atoms with E-state index in [0.29, 0.717) is 39.3 Å². The van der Waals surface area contributed by atoms with Crippen LogP contribution < -0.4 is 9.47 Å². The summed E-state index contributed by atoms with van der Waals surface area (Å²) < 4.78 is 23.1. The fourth-order valence-corrected chi connectivity index (χ4v) is 6.72. The molecule has 0 fully saturated rings. The molecule has 0 amide bonds. The standard InChI is InChI=1S/C53H89NO6/c1-5-7-9-11-13-15-17-19-21-23-25-27-29-31-33-39-52(55)59-43-37-35-41-57-50-45-49(48-54(3)4)46-51(47-50)58-42-36-38-44-60-53(56)40-34-32-30-28-26-24-22-20-18-16-14-12-10-8-6-2/h13-16,19-22,45-47H,5-12,17-18,23-44,48H2,1-4H3/b15-13-,16-14-,21-19-,22-20-. The lowest BCUT2D eigenvalue weighted by molar-refractivity contribution is -0.144. The maximum Gasteiger partial charge on any atom is 0.305 e. The third-order valence-corrected chi connectivity index (χ3v) is 10.2. The van der Waals surface area contributed by atoms with Gasteiger partial charge in [0.05, 0.1) is 26.4 Å². The van der Waals surface area contributed by atoms with Crippen LogP contribution in [0.15, 0.2) is 66.8 Å². The lowest BCUT2D eigenvalue weighted by Crippen LogP contribution is -2.11. The first-order valence-electron chi connectivity index (χ1n) is 24.4. The topological polar surface area (TPSA) is 74.3 Å². The van der Waals surface area contributed by atoms with Crippen LogP contribution in [0.4, 0.5) is 0 Å². The quantitative estimate of drug-likeness (QED) is 0.0369. The predicted octanol–water partition coefficient (Wildman–Crippen LogP) is 14.8. The molecule has 1 aromatic rings. The summed E-state index contributed by atoms with van der Waals surface area (Å²) in [4.78, 5) is 26.5. The number of benzene rings is 1. The van der Waals surface area contributed by atoms with Crippen LogP contribution in [0.3, 0.4) is 0 Å². The number of esters is 2. The van der Waals surface area contributed by atoms with E-state index in [1.54, 1.807) is 0 Å². The highest BCUT2D eigenvalue weighted by molar-refractivity contribution is 5.69. The molecule has 1 aromatic carbocycles. The Labute approximate surface area is 368 Å². The summed E-state index contributed by atoms with van der Waals surface area (Å²) in [6.45, 7) is 7.24. The number of carbonyl (C=O) groups is 2. The molecule has 1 rings (SSSR count). The number of rotatable bonds is 42. The highest BCUT2D eigenvalue weighted by atomic mass is 16.5. The van der Waals surface area contributed by atoms with Gasteiger partial charge in [-0.25, -0.2) is 0 Å². The van der Waals surface area contributed by atoms with Gasteiger partial charge in [0.1, 0.15) is 11.5 Å². The van der Waals surface area contributed by atoms with Crippen LogP contribution in [-0.4, -0.2) is 57.4 Å². The van der Waals surface area contributed by atoms with Crippen molar-refractivity contribution in [3.8, 4) is 11.5 Å². The van der Waals surface area contributed by atoms with Crippen molar-refractivity contribution in [3.63, 3.8) is 0 Å². The predicted molar refractivity (Wildman–Crippen MR) is 254 cm³/mol. The fourth-order valence-electron chi connectivity index (χ4n) is 6.72. The van der Waals surface area contributed by atoms with Crippen LogP contribution in [0.25, 0.3) is 0 Å². The minimum Gasteiger partial charge on any atom is -0.493 e. The number of carbonyl (C=O) groups excluding carboxylic acids is 2. The van der Waals surface area contributed by atoms with E-state index in [1.165, 1.54) is 89.9 Å². The molecule has 0 heterocycles. The summed E-state index contributed by atoms with van der Waals surface area (Å²) in [6, 6.07) is 6.06. The smallest absolute Gasteiger partial charge is 0.305 e. The molecule has 7 heteroatoms. The molecule has 0 unspecified atom stereocenters. The van der Waals surface area contributed by atoms with Crippen molar-refractivity contribution < 1.29 is 28.5 Å². The minimum absolute atomic E-state index is 0.0923. The second-order valence-electron chi connectivity index (χ2n) is 16.6. The van der Waals surface area contributed by atoms with Gasteiger partial charge in [-0.2, -0.15) is 0 Å². The van der Waals surface area contributed by atoms with Crippen LogP contribution >= 0.6 is 0 Å². The molecule has 0 radical (unpaired) electrons. The summed E-state index contributed by atoms with van der Waals surface area (Å²) in [5, 5.41) is 0. The van der Waals surface area contributed by atoms with Crippen molar-refractivity contribution in [2.75, 3.05) is 40.5 Å². The van der Waals surface area contributed by atoms with E-state index in [0.717, 1.165) is 101 Å². The lowest BCUT2D eigenvalue weighted by Gasteiger charge is -2.15. The first-order valence-corrected chi connectivity index (χ1v) is 24.4. The highest BCUT2D eigenvalue weighted by Gasteiger charge is 2.07. The Morgan fingerprint density at radius 3 is 1.22 bits per heavy atom. The Morgan fingerprint density at radius 1 is 0.450 bits per heavy atom. The maximum absolute atomic E-state index is 12.2. The third kappa shape index (κ3) is 37.7. The third-order valence-electron chi connectivity index (χ3n) is 10.2. The van der Waals surface area contributed by atoms with Gasteiger partial charge in [-0.3, -0.25) is 9.59 Å². The molecule has 342 valence electrons. The summed E-state index contributed by atoms with van der Waals surface area (Å²) in [6.07, 6.45) is 48.3. The molecular formula is C53H89NO6. The average molecular weight is 836 g/mol. The summed E-state index contributed by atoms with van der Waals surface area (Å²) >= 11 is 0. The molecule has 0 N–H and O–H groups in total. The van der Waals surface area contributed by atoms with E-state index in [-0.39, 0.29) is 11.9 Å². The molecule has 0 bridgehead atoms. The van der Waals surface area contributed by atoms with Crippen LogP contribution in [0.5, 0.6) is 11.5 Å². The van der Waals surface area contributed by atoms with Crippen molar-refractivity contribution in [1.29, 1.82) is 0 Å². The van der Waals surface area contributed by atoms with E-state index < -0.39 is 0 Å². The van der Waals surface area contributed by atoms with Crippen molar-refractivity contribution in [1.82, 2.24) is 4.90 Å². The Kier molecular flexibility index (Phi) is 38.6. The summed E-state index contributed by atoms with van der Waals surface area (Å²) in [5.41, 5.74) is 1.12. The second-order valence-corrected chi connectivity index (χ2v) is 16.6. The number of hydrogen-bond acceptors (Lipinski definition) is 7. The van der Waals surface area contributed by atoms with Crippen molar-refractivity contribution in [2.45, 2.75) is 200 Å². The van der Waals surface area contributed by atoms with Crippen LogP contribution in [0, 0.1) is 0 Å². The maximum atomic E-state index is 12.2. The molecule has 0 aliphatic carbocycles. The Hall–Kier alpha value is -3.32. The van der Waals surface area contributed by atoms with Crippen LogP contribution in [0.2, 0.25) is 0 Å². The number of unbranched alkanes of at least 4 members (excludes halogenated alkanes) is 18. The molecule has 0 spiro atoms. The van der Waals surface area contributed by atoms with Gasteiger partial charge in [-0.1, -0.05) is 127 Å². The molecule has 7 nitrogen and oxygen atoms in total. The number of nitrogens with zero attached hydrogens (tertiary/aromatic N) is 1. The summed E-state index contributed by atoms with van der Waals surface area (Å²) in [5.74, 6) is 1.38. The van der Waals surface area contributed by atoms with E-state index >= 15 is 0 Å². The minimum atomic E-state index is -0.0923. The normalized spacial score (nSPS) is 11.9. The van der Waals surface area contributed by atoms with Gasteiger partial charge in [0, 0.05) is 25.5 Å². The fraction of sp³-hybridized carbons (Fsp3) is 0.698. The van der Waals surface area contributed by atoms with Gasteiger partial charge in [0.15, 0.2) is 0 Å². The molecule has 60 heavy (non-hydrogen) atoms. The SMILES string of the molecule is CCCCC/C=C\C/C=C\CCCCCCCC(=O)OCCCCOc1cc(CN(C)C)cc(OCCCCOC(=O)CCCCCCC/C=C\C/C=C\CCCCC)c1. The van der Waals surface area contributed by atoms with Crippen molar-refractivity contribution in [3.05, 3.63) is 72.4 Å². The number of hydrogen-bond donors (Lipinski definition) is 0. The monoisotopic (exact) mass is 836 g/mol. The molecule has 0 aromatic heterocycles. The molecule has 0 saturated heterocycles. The summed E-state index contributed by atoms with van der Waals surface area (Å²) in [7, 11) is 4.09. The Morgan fingerprint density at radius 2 is 0.817 bits per heavy atom. The zero-order chi connectivity index (χ0) is 43.4. The van der Waals surface area contributed by atoms with E-state index in [2.05, 4.69) is 79.5 Å². The lowest BCUT2D eigenvalue weighted by atomic mass is 10.1. The zero-order valence-corrected chi connectivity index (χ0v) is 39.1. The van der Waals surface area contributed by atoms with Gasteiger partial charge in [0.2, 0.25) is 0 Å². The van der Waals surface area contributed by atoms with E-state index in [1.807, 2.05) is 20.2 Å². The van der Waals surface area contributed by atoms with Gasteiger partial charge in [-0.05, 0) is 135 Å². The first kappa shape index (κ1) is 54.7. The highest BCUT2D eigenvalue weighted by Crippen LogP contribution is 2.24. The van der Waals surface area contributed by atoms with Crippen LogP contribution in [0.1, 0.15) is 199 Å². The van der Waals surface area contributed by atoms with Gasteiger partial charge >= 0.3 is 11.9 Å². The molecule has 0 atom stereocenters. The largest absolute Gasteiger partial charge is 0.493 e. The first-order chi connectivity index (χ1) is 29.4. The van der Waals surface area contributed by atoms with Gasteiger partial charge < -0.3 is 23.8 Å². The second kappa shape index (κ2) is 42.4. The van der Waals surface area contributed by atoms with E-state index in [9.17, 15) is 9.59 Å². The van der Waals surface area contributed by atoms with Gasteiger partial charge in [0.25, 0.3) is 0 Å². The Balaban J connectivity index is 2.10. The molecule has 0 aliphatic rings. The molecular weight excluding hydrogens is 747 g/mol. The average Bonchev–Trinajstić information content (AvgIpc) is 3.23. The van der Waals surface area contributed by atoms with Crippen LogP contribution in [-0.2, 0) is 25.6 Å². The Bertz CT molecular complexity index is 1180. The molecule has 0 aliphatic heterocycles. The van der Waals surface area contributed by atoms with Crippen molar-refractivity contribution in [2.24, 2.45) is 0 Å². The number of ether oxygens (including phenoxy) is 4. The zero-order valence-electron chi connectivity index (χ0n) is 39.1.